The number of benzene rings is 3. The Bertz CT molecular complexity index is 1530. The van der Waals surface area contributed by atoms with Crippen molar-refractivity contribution in [1.29, 1.82) is 0 Å². The van der Waals surface area contributed by atoms with E-state index in [4.69, 9.17) is 23.2 Å². The Balaban J connectivity index is 2.14. The van der Waals surface area contributed by atoms with Crippen molar-refractivity contribution in [2.24, 2.45) is 0 Å². The summed E-state index contributed by atoms with van der Waals surface area (Å²) in [7, 11) is -4.56. The molecule has 0 fully saturated rings. The van der Waals surface area contributed by atoms with E-state index in [0.717, 1.165) is 17.7 Å². The van der Waals surface area contributed by atoms with E-state index >= 15 is 0 Å². The minimum absolute atomic E-state index is 0.0824. The number of alkyl halides is 3. The van der Waals surface area contributed by atoms with E-state index in [-0.39, 0.29) is 17.9 Å². The highest BCUT2D eigenvalue weighted by molar-refractivity contribution is 7.92. The molecule has 0 aromatic heterocycles. The minimum atomic E-state index is -4.89. The lowest BCUT2D eigenvalue weighted by Crippen LogP contribution is -2.52. The third-order valence-corrected chi connectivity index (χ3v) is 9.00. The van der Waals surface area contributed by atoms with Crippen LogP contribution in [0.25, 0.3) is 0 Å². The van der Waals surface area contributed by atoms with Gasteiger partial charge in [-0.3, -0.25) is 13.9 Å². The van der Waals surface area contributed by atoms with Gasteiger partial charge in [-0.05, 0) is 67.8 Å². The smallest absolute Gasteiger partial charge is 0.354 e. The second kappa shape index (κ2) is 14.5. The minimum Gasteiger partial charge on any atom is -0.354 e. The van der Waals surface area contributed by atoms with Crippen LogP contribution in [0.3, 0.4) is 0 Å². The van der Waals surface area contributed by atoms with Crippen molar-refractivity contribution in [3.05, 3.63) is 93.5 Å². The van der Waals surface area contributed by atoms with Crippen molar-refractivity contribution in [1.82, 2.24) is 10.2 Å². The summed E-state index contributed by atoms with van der Waals surface area (Å²) in [6.07, 6.45) is -4.05. The molecule has 0 radical (unpaired) electrons. The Hall–Kier alpha value is -3.28. The predicted octanol–water partition coefficient (Wildman–Crippen LogP) is 6.85. The Kier molecular flexibility index (Phi) is 11.5. The highest BCUT2D eigenvalue weighted by Crippen LogP contribution is 2.38. The molecule has 1 N–H and O–H groups in total. The van der Waals surface area contributed by atoms with Crippen LogP contribution in [0.2, 0.25) is 10.0 Å². The maximum Gasteiger partial charge on any atom is 0.417 e. The molecule has 13 heteroatoms. The maximum absolute atomic E-state index is 14.0. The molecule has 3 aromatic carbocycles. The van der Waals surface area contributed by atoms with Crippen LogP contribution in [-0.4, -0.2) is 44.3 Å². The highest BCUT2D eigenvalue weighted by Gasteiger charge is 2.37. The molecule has 0 saturated heterocycles. The molecule has 0 spiro atoms. The number of nitrogens with zero attached hydrogens (tertiary/aromatic N) is 2. The van der Waals surface area contributed by atoms with E-state index in [2.05, 4.69) is 5.32 Å². The summed E-state index contributed by atoms with van der Waals surface area (Å²) >= 11 is 11.8. The summed E-state index contributed by atoms with van der Waals surface area (Å²) in [5.41, 5.74) is -0.309. The van der Waals surface area contributed by atoms with Crippen LogP contribution < -0.4 is 9.62 Å². The molecule has 232 valence electrons. The molecule has 43 heavy (non-hydrogen) atoms. The summed E-state index contributed by atoms with van der Waals surface area (Å²) in [6, 6.07) is 13.9. The average Bonchev–Trinajstić information content (AvgIpc) is 2.95. The largest absolute Gasteiger partial charge is 0.417 e. The zero-order valence-electron chi connectivity index (χ0n) is 23.8. The lowest BCUT2D eigenvalue weighted by Gasteiger charge is -2.33. The zero-order chi connectivity index (χ0) is 31.9. The van der Waals surface area contributed by atoms with Gasteiger partial charge in [0.2, 0.25) is 11.8 Å². The Morgan fingerprint density at radius 3 is 2.14 bits per heavy atom. The van der Waals surface area contributed by atoms with E-state index in [9.17, 15) is 31.2 Å². The molecule has 0 saturated carbocycles. The molecule has 3 aromatic rings. The normalized spacial score (nSPS) is 12.5. The van der Waals surface area contributed by atoms with E-state index in [0.29, 0.717) is 33.9 Å². The van der Waals surface area contributed by atoms with Gasteiger partial charge in [-0.15, -0.1) is 0 Å². The van der Waals surface area contributed by atoms with Gasteiger partial charge in [0.15, 0.2) is 0 Å². The number of carbonyl (C=O) groups excluding carboxylic acids is 2. The number of amides is 2. The molecule has 0 heterocycles. The fourth-order valence-electron chi connectivity index (χ4n) is 4.32. The highest BCUT2D eigenvalue weighted by atomic mass is 35.5. The van der Waals surface area contributed by atoms with Crippen LogP contribution in [0, 0.1) is 6.92 Å². The first kappa shape index (κ1) is 34.2. The van der Waals surface area contributed by atoms with Crippen LogP contribution in [0.15, 0.2) is 71.6 Å². The van der Waals surface area contributed by atoms with Crippen molar-refractivity contribution in [3.8, 4) is 0 Å². The summed E-state index contributed by atoms with van der Waals surface area (Å²) in [6.45, 7) is 4.70. The number of anilines is 1. The van der Waals surface area contributed by atoms with Crippen molar-refractivity contribution in [2.75, 3.05) is 17.4 Å². The molecule has 3 rings (SSSR count). The SMILES string of the molecule is CCCNC(=O)C(CC)N(Cc1ccc(Cl)cc1)C(=O)CN(c1ccc(Cl)c(C(F)(F)F)c1)S(=O)(=O)c1ccc(C)cc1. The number of hydrogen-bond acceptors (Lipinski definition) is 4. The maximum atomic E-state index is 14.0. The molecule has 0 aliphatic heterocycles. The number of rotatable bonds is 12. The number of sulfonamides is 1. The topological polar surface area (TPSA) is 86.8 Å². The Morgan fingerprint density at radius 1 is 0.953 bits per heavy atom. The summed E-state index contributed by atoms with van der Waals surface area (Å²) < 4.78 is 69.8. The first-order valence-corrected chi connectivity index (χ1v) is 15.7. The second-order valence-corrected chi connectivity index (χ2v) is 12.6. The van der Waals surface area contributed by atoms with E-state index < -0.39 is 56.9 Å². The number of hydrogen-bond donors (Lipinski definition) is 1. The van der Waals surface area contributed by atoms with Gasteiger partial charge in [-0.25, -0.2) is 8.42 Å². The third kappa shape index (κ3) is 8.64. The van der Waals surface area contributed by atoms with Crippen LogP contribution >= 0.6 is 23.2 Å². The fraction of sp³-hybridized carbons (Fsp3) is 0.333. The molecule has 0 aliphatic carbocycles. The first-order valence-electron chi connectivity index (χ1n) is 13.5. The van der Waals surface area contributed by atoms with Crippen molar-refractivity contribution >= 4 is 50.7 Å². The van der Waals surface area contributed by atoms with E-state index in [1.165, 1.54) is 29.2 Å². The van der Waals surface area contributed by atoms with E-state index in [1.54, 1.807) is 38.1 Å². The van der Waals surface area contributed by atoms with Crippen molar-refractivity contribution in [2.45, 2.75) is 57.3 Å². The molecule has 0 aliphatic rings. The number of aryl methyl sites for hydroxylation is 1. The average molecular weight is 659 g/mol. The monoisotopic (exact) mass is 657 g/mol. The van der Waals surface area contributed by atoms with Gasteiger partial charge in [0.05, 0.1) is 21.2 Å². The van der Waals surface area contributed by atoms with Crippen molar-refractivity contribution < 1.29 is 31.2 Å². The summed E-state index contributed by atoms with van der Waals surface area (Å²) in [4.78, 5) is 28.1. The van der Waals surface area contributed by atoms with Crippen LogP contribution in [-0.2, 0) is 32.3 Å². The molecule has 1 unspecified atom stereocenters. The van der Waals surface area contributed by atoms with Crippen LogP contribution in [0.4, 0.5) is 18.9 Å². The third-order valence-electron chi connectivity index (χ3n) is 6.63. The second-order valence-electron chi connectivity index (χ2n) is 9.85. The standard InChI is InChI=1S/C30H32Cl2F3N3O4S/c1-4-16-36-29(40)27(5-2)37(18-21-8-10-22(31)11-9-21)28(39)19-38(43(41,42)24-13-6-20(3)7-14-24)23-12-15-26(32)25(17-23)30(33,34)35/h6-15,17,27H,4-5,16,18-19H2,1-3H3,(H,36,40). The quantitative estimate of drug-likeness (QED) is 0.231. The van der Waals surface area contributed by atoms with Gasteiger partial charge >= 0.3 is 6.18 Å². The lowest BCUT2D eigenvalue weighted by atomic mass is 10.1. The molecule has 7 nitrogen and oxygen atoms in total. The van der Waals surface area contributed by atoms with Gasteiger partial charge in [-0.2, -0.15) is 13.2 Å². The van der Waals surface area contributed by atoms with Gasteiger partial charge in [-0.1, -0.05) is 66.9 Å². The molecular formula is C30H32Cl2F3N3O4S. The summed E-state index contributed by atoms with van der Waals surface area (Å²) in [5, 5.41) is 2.59. The predicted molar refractivity (Wildman–Crippen MR) is 162 cm³/mol. The molecule has 2 amide bonds. The number of halogens is 5. The Labute approximate surface area is 259 Å². The van der Waals surface area contributed by atoms with Gasteiger partial charge in [0.1, 0.15) is 12.6 Å². The number of carbonyl (C=O) groups is 2. The number of nitrogens with one attached hydrogen (secondary N) is 1. The van der Waals surface area contributed by atoms with Gasteiger partial charge in [0, 0.05) is 18.1 Å². The first-order chi connectivity index (χ1) is 20.2. The molecule has 0 bridgehead atoms. The molecule has 1 atom stereocenters. The van der Waals surface area contributed by atoms with Crippen molar-refractivity contribution in [3.63, 3.8) is 0 Å². The zero-order valence-corrected chi connectivity index (χ0v) is 26.1. The fourth-order valence-corrected chi connectivity index (χ4v) is 6.08. The lowest BCUT2D eigenvalue weighted by molar-refractivity contribution is -0.140. The van der Waals surface area contributed by atoms with E-state index in [1.807, 2.05) is 6.92 Å². The molecular weight excluding hydrogens is 626 g/mol. The van der Waals surface area contributed by atoms with Crippen LogP contribution in [0.1, 0.15) is 43.4 Å². The van der Waals surface area contributed by atoms with Gasteiger partial charge in [0.25, 0.3) is 10.0 Å². The van der Waals surface area contributed by atoms with Crippen LogP contribution in [0.5, 0.6) is 0 Å². The Morgan fingerprint density at radius 2 is 1.58 bits per heavy atom. The summed E-state index contributed by atoms with van der Waals surface area (Å²) in [5.74, 6) is -1.24. The van der Waals surface area contributed by atoms with Gasteiger partial charge < -0.3 is 10.2 Å².